The molecule has 1 aromatic heterocycles. The van der Waals surface area contributed by atoms with Crippen LogP contribution in [0.5, 0.6) is 0 Å². The summed E-state index contributed by atoms with van der Waals surface area (Å²) in [4.78, 5) is 16.8. The maximum Gasteiger partial charge on any atom is 0.223 e. The van der Waals surface area contributed by atoms with Gasteiger partial charge in [0.2, 0.25) is 5.91 Å². The van der Waals surface area contributed by atoms with Gasteiger partial charge in [-0.05, 0) is 32.9 Å². The van der Waals surface area contributed by atoms with Crippen LogP contribution in [0, 0.1) is 5.92 Å². The first-order valence-corrected chi connectivity index (χ1v) is 9.10. The van der Waals surface area contributed by atoms with Gasteiger partial charge in [-0.2, -0.15) is 0 Å². The molecule has 0 radical (unpaired) electrons. The van der Waals surface area contributed by atoms with E-state index < -0.39 is 0 Å². The van der Waals surface area contributed by atoms with Crippen molar-refractivity contribution in [2.45, 2.75) is 31.7 Å². The first kappa shape index (κ1) is 18.1. The number of carbonyl (C=O) groups is 1. The Kier molecular flexibility index (Phi) is 5.86. The molecule has 0 fully saturated rings. The van der Waals surface area contributed by atoms with Gasteiger partial charge in [0, 0.05) is 32.5 Å². The summed E-state index contributed by atoms with van der Waals surface area (Å²) < 4.78 is 7.70. The van der Waals surface area contributed by atoms with Gasteiger partial charge in [-0.1, -0.05) is 17.4 Å². The Bertz CT molecular complexity index is 625. The maximum absolute atomic E-state index is 12.7. The third-order valence-electron chi connectivity index (χ3n) is 5.02. The lowest BCUT2D eigenvalue weighted by molar-refractivity contribution is -0.133. The zero-order chi connectivity index (χ0) is 17.8. The number of allylic oxidation sites excluding steroid dienone is 2. The van der Waals surface area contributed by atoms with Crippen LogP contribution in [0.25, 0.3) is 0 Å². The van der Waals surface area contributed by atoms with E-state index in [1.165, 1.54) is 0 Å². The molecule has 1 aliphatic heterocycles. The number of likely N-dealkylation sites (N-methyl/N-ethyl adjacent to an activating group) is 1. The third-order valence-corrected chi connectivity index (χ3v) is 5.02. The van der Waals surface area contributed by atoms with Gasteiger partial charge in [-0.25, -0.2) is 0 Å². The minimum absolute atomic E-state index is 0.133. The standard InChI is InChI=1S/C18H29N5O2/c1-21(2)8-9-25-13-15-11-23(12-16-18(15)22(3)20-19-16)17(24)10-14-6-4-5-7-14/h4,6,14-15H,5,7-13H2,1-3H3/t14-,15-/m1/s1. The van der Waals surface area contributed by atoms with E-state index >= 15 is 0 Å². The van der Waals surface area contributed by atoms with Gasteiger partial charge in [0.1, 0.15) is 5.69 Å². The first-order chi connectivity index (χ1) is 12.0. The summed E-state index contributed by atoms with van der Waals surface area (Å²) in [6.45, 7) is 3.41. The highest BCUT2D eigenvalue weighted by molar-refractivity contribution is 5.77. The molecule has 0 bridgehead atoms. The van der Waals surface area contributed by atoms with E-state index in [2.05, 4.69) is 27.4 Å². The molecule has 25 heavy (non-hydrogen) atoms. The molecular weight excluding hydrogens is 318 g/mol. The second-order valence-electron chi connectivity index (χ2n) is 7.36. The topological polar surface area (TPSA) is 63.5 Å². The van der Waals surface area contributed by atoms with E-state index in [4.69, 9.17) is 4.74 Å². The molecule has 138 valence electrons. The highest BCUT2D eigenvalue weighted by Gasteiger charge is 2.33. The molecular formula is C18H29N5O2. The Hall–Kier alpha value is -1.73. The highest BCUT2D eigenvalue weighted by atomic mass is 16.5. The van der Waals surface area contributed by atoms with Gasteiger partial charge in [0.15, 0.2) is 0 Å². The third kappa shape index (κ3) is 4.46. The number of hydrogen-bond donors (Lipinski definition) is 0. The Morgan fingerprint density at radius 1 is 1.44 bits per heavy atom. The molecule has 0 saturated carbocycles. The molecule has 2 aliphatic rings. The number of hydrogen-bond acceptors (Lipinski definition) is 5. The summed E-state index contributed by atoms with van der Waals surface area (Å²) >= 11 is 0. The lowest BCUT2D eigenvalue weighted by Gasteiger charge is -2.32. The molecule has 0 N–H and O–H groups in total. The number of aryl methyl sites for hydroxylation is 1. The van der Waals surface area contributed by atoms with Crippen molar-refractivity contribution < 1.29 is 9.53 Å². The molecule has 3 rings (SSSR count). The molecule has 0 aromatic carbocycles. The fourth-order valence-corrected chi connectivity index (χ4v) is 3.63. The van der Waals surface area contributed by atoms with Gasteiger partial charge in [0.25, 0.3) is 0 Å². The van der Waals surface area contributed by atoms with Crippen molar-refractivity contribution >= 4 is 5.91 Å². The lowest BCUT2D eigenvalue weighted by atomic mass is 9.97. The fourth-order valence-electron chi connectivity index (χ4n) is 3.63. The van der Waals surface area contributed by atoms with Crippen LogP contribution in [0.2, 0.25) is 0 Å². The molecule has 1 aromatic rings. The van der Waals surface area contributed by atoms with E-state index in [0.717, 1.165) is 30.8 Å². The van der Waals surface area contributed by atoms with Crippen molar-refractivity contribution in [3.8, 4) is 0 Å². The van der Waals surface area contributed by atoms with Crippen molar-refractivity contribution in [2.75, 3.05) is 40.4 Å². The number of nitrogens with zero attached hydrogens (tertiary/aromatic N) is 5. The average molecular weight is 347 g/mol. The summed E-state index contributed by atoms with van der Waals surface area (Å²) in [6.07, 6.45) is 7.13. The van der Waals surface area contributed by atoms with Crippen molar-refractivity contribution in [2.24, 2.45) is 13.0 Å². The molecule has 2 atom stereocenters. The molecule has 0 saturated heterocycles. The van der Waals surface area contributed by atoms with E-state index in [1.54, 1.807) is 0 Å². The van der Waals surface area contributed by atoms with Gasteiger partial charge >= 0.3 is 0 Å². The zero-order valence-electron chi connectivity index (χ0n) is 15.5. The molecule has 1 amide bonds. The van der Waals surface area contributed by atoms with Crippen molar-refractivity contribution in [1.29, 1.82) is 0 Å². The van der Waals surface area contributed by atoms with E-state index in [1.807, 2.05) is 30.7 Å². The summed E-state index contributed by atoms with van der Waals surface area (Å²) in [5, 5.41) is 8.42. The molecule has 7 nitrogen and oxygen atoms in total. The van der Waals surface area contributed by atoms with E-state index in [-0.39, 0.29) is 11.8 Å². The first-order valence-electron chi connectivity index (χ1n) is 9.10. The minimum atomic E-state index is 0.133. The average Bonchev–Trinajstić information content (AvgIpc) is 3.21. The monoisotopic (exact) mass is 347 g/mol. The van der Waals surface area contributed by atoms with E-state index in [0.29, 0.717) is 38.6 Å². The molecule has 0 unspecified atom stereocenters. The van der Waals surface area contributed by atoms with Gasteiger partial charge < -0.3 is 14.5 Å². The summed E-state index contributed by atoms with van der Waals surface area (Å²) in [7, 11) is 5.98. The quantitative estimate of drug-likeness (QED) is 0.547. The van der Waals surface area contributed by atoms with Crippen LogP contribution in [0.3, 0.4) is 0 Å². The van der Waals surface area contributed by atoms with Crippen molar-refractivity contribution in [1.82, 2.24) is 24.8 Å². The number of ether oxygens (including phenoxy) is 1. The van der Waals surface area contributed by atoms with E-state index in [9.17, 15) is 4.79 Å². The lowest BCUT2D eigenvalue weighted by Crippen LogP contribution is -2.40. The van der Waals surface area contributed by atoms with Crippen molar-refractivity contribution in [3.05, 3.63) is 23.5 Å². The number of carbonyl (C=O) groups excluding carboxylic acids is 1. The van der Waals surface area contributed by atoms with Crippen LogP contribution in [0.4, 0.5) is 0 Å². The number of fused-ring (bicyclic) bond motifs is 1. The normalized spacial score (nSPS) is 22.6. The van der Waals surface area contributed by atoms with Crippen LogP contribution in [0.15, 0.2) is 12.2 Å². The second kappa shape index (κ2) is 8.10. The smallest absolute Gasteiger partial charge is 0.223 e. The Labute approximate surface area is 149 Å². The maximum atomic E-state index is 12.7. The van der Waals surface area contributed by atoms with Crippen LogP contribution in [-0.2, 0) is 23.1 Å². The molecule has 7 heteroatoms. The van der Waals surface area contributed by atoms with Gasteiger partial charge in [-0.3, -0.25) is 9.48 Å². The minimum Gasteiger partial charge on any atom is -0.379 e. The number of aromatic nitrogens is 3. The summed E-state index contributed by atoms with van der Waals surface area (Å²) in [6, 6.07) is 0. The van der Waals surface area contributed by atoms with Gasteiger partial charge in [0.05, 0.1) is 25.5 Å². The van der Waals surface area contributed by atoms with Crippen LogP contribution in [-0.4, -0.2) is 71.1 Å². The second-order valence-corrected chi connectivity index (χ2v) is 7.36. The SMILES string of the molecule is CN(C)CCOC[C@H]1CN(C(=O)C[C@@H]2C=CCC2)Cc2nnn(C)c21. The zero-order valence-corrected chi connectivity index (χ0v) is 15.5. The fraction of sp³-hybridized carbons (Fsp3) is 0.722. The largest absolute Gasteiger partial charge is 0.379 e. The summed E-state index contributed by atoms with van der Waals surface area (Å²) in [5.74, 6) is 0.741. The van der Waals surface area contributed by atoms with Gasteiger partial charge in [-0.15, -0.1) is 5.10 Å². The van der Waals surface area contributed by atoms with Crippen LogP contribution in [0.1, 0.15) is 36.6 Å². The number of amides is 1. The predicted octanol–water partition coefficient (Wildman–Crippen LogP) is 1.18. The molecule has 2 heterocycles. The van der Waals surface area contributed by atoms with Crippen molar-refractivity contribution in [3.63, 3.8) is 0 Å². The highest BCUT2D eigenvalue weighted by Crippen LogP contribution is 2.29. The predicted molar refractivity (Wildman–Crippen MR) is 95.0 cm³/mol. The molecule has 1 aliphatic carbocycles. The summed E-state index contributed by atoms with van der Waals surface area (Å²) in [5.41, 5.74) is 2.01. The Morgan fingerprint density at radius 3 is 3.00 bits per heavy atom. The Balaban J connectivity index is 1.63. The molecule has 0 spiro atoms. The van der Waals surface area contributed by atoms with Crippen LogP contribution < -0.4 is 0 Å². The Morgan fingerprint density at radius 2 is 2.28 bits per heavy atom. The number of rotatable bonds is 7. The van der Waals surface area contributed by atoms with Crippen LogP contribution >= 0.6 is 0 Å².